The number of rotatable bonds is 16. The van der Waals surface area contributed by atoms with E-state index in [-0.39, 0.29) is 36.9 Å². The molecule has 4 aromatic rings. The lowest BCUT2D eigenvalue weighted by Gasteiger charge is -2.30. The highest BCUT2D eigenvalue weighted by molar-refractivity contribution is 7.89. The minimum atomic E-state index is -4.04. The predicted molar refractivity (Wildman–Crippen MR) is 186 cm³/mol. The molecule has 0 radical (unpaired) electrons. The molecule has 1 heterocycles. The Morgan fingerprint density at radius 1 is 0.875 bits per heavy atom. The van der Waals surface area contributed by atoms with Crippen molar-refractivity contribution < 1.29 is 33.0 Å². The first kappa shape index (κ1) is 36.8. The fraction of sp³-hybridized carbons (Fsp3) is 0.333. The summed E-state index contributed by atoms with van der Waals surface area (Å²) in [6.07, 6.45) is -0.0144. The summed E-state index contributed by atoms with van der Waals surface area (Å²) in [7, 11) is -2.81. The lowest BCUT2D eigenvalue weighted by atomic mass is 10.00. The van der Waals surface area contributed by atoms with E-state index in [2.05, 4.69) is 0 Å². The van der Waals surface area contributed by atoms with E-state index in [0.717, 1.165) is 16.7 Å². The SMILES string of the molecule is COC(=O)N(Cc1ccc(C(CO)N(CCC(C)C)S(=O)(=O)c2ccc(CO)cc2)s1)[C@@H](Cc1ccc(-c2ccccc2)cc1)C(N)=O. The molecule has 2 atom stereocenters. The zero-order chi connectivity index (χ0) is 34.8. The van der Waals surface area contributed by atoms with Gasteiger partial charge in [-0.1, -0.05) is 80.6 Å². The van der Waals surface area contributed by atoms with Crippen LogP contribution in [0.15, 0.2) is 95.9 Å². The van der Waals surface area contributed by atoms with Gasteiger partial charge in [-0.25, -0.2) is 13.2 Å². The number of benzene rings is 3. The molecule has 0 bridgehead atoms. The summed E-state index contributed by atoms with van der Waals surface area (Å²) in [6.45, 7) is 3.44. The molecule has 12 heteroatoms. The standard InChI is InChI=1S/C36H43N3O7S2/c1-25(2)19-20-39(48(44,45)31-16-11-27(23-40)12-17-31)33(24-41)34-18-15-30(47-34)22-38(36(43)46-3)32(35(37)42)21-26-9-13-29(14-10-26)28-7-5-4-6-8-28/h4-18,25,32-33,40-41H,19-24H2,1-3H3,(H2,37,42)/t32-,33?/m0/s1. The van der Waals surface area contributed by atoms with Gasteiger partial charge in [0.05, 0.1) is 37.8 Å². The first-order chi connectivity index (χ1) is 23.0. The number of nitrogens with two attached hydrogens (primary N) is 1. The highest BCUT2D eigenvalue weighted by Crippen LogP contribution is 2.34. The van der Waals surface area contributed by atoms with Crippen LogP contribution in [0, 0.1) is 5.92 Å². The van der Waals surface area contributed by atoms with E-state index in [1.54, 1.807) is 24.3 Å². The van der Waals surface area contributed by atoms with Crippen molar-refractivity contribution in [2.75, 3.05) is 20.3 Å². The van der Waals surface area contributed by atoms with Crippen LogP contribution in [0.2, 0.25) is 0 Å². The number of amides is 2. The van der Waals surface area contributed by atoms with Crippen molar-refractivity contribution >= 4 is 33.4 Å². The van der Waals surface area contributed by atoms with Crippen molar-refractivity contribution in [3.63, 3.8) is 0 Å². The number of aliphatic hydroxyl groups is 2. The number of ether oxygens (including phenoxy) is 1. The van der Waals surface area contributed by atoms with Crippen LogP contribution in [0.3, 0.4) is 0 Å². The number of thiophene rings is 1. The quantitative estimate of drug-likeness (QED) is 0.143. The van der Waals surface area contributed by atoms with Crippen LogP contribution in [0.1, 0.15) is 47.2 Å². The summed E-state index contributed by atoms with van der Waals surface area (Å²) in [6, 6.07) is 25.1. The molecule has 0 aliphatic rings. The van der Waals surface area contributed by atoms with Crippen LogP contribution in [-0.2, 0) is 39.1 Å². The van der Waals surface area contributed by atoms with E-state index < -0.39 is 40.7 Å². The summed E-state index contributed by atoms with van der Waals surface area (Å²) in [5.41, 5.74) is 9.29. The number of carbonyl (C=O) groups is 2. The fourth-order valence-corrected chi connectivity index (χ4v) is 8.15. The Morgan fingerprint density at radius 3 is 2.06 bits per heavy atom. The monoisotopic (exact) mass is 693 g/mol. The van der Waals surface area contributed by atoms with Gasteiger partial charge in [0.2, 0.25) is 15.9 Å². The Bertz CT molecular complexity index is 1740. The smallest absolute Gasteiger partial charge is 0.410 e. The van der Waals surface area contributed by atoms with Gasteiger partial charge in [-0.15, -0.1) is 11.3 Å². The van der Waals surface area contributed by atoms with E-state index >= 15 is 0 Å². The summed E-state index contributed by atoms with van der Waals surface area (Å²) in [5, 5.41) is 20.0. The van der Waals surface area contributed by atoms with Crippen molar-refractivity contribution in [3.05, 3.63) is 112 Å². The molecule has 4 N–H and O–H groups in total. The van der Waals surface area contributed by atoms with Crippen molar-refractivity contribution in [2.45, 2.75) is 56.8 Å². The minimum absolute atomic E-state index is 0.0213. The van der Waals surface area contributed by atoms with Crippen molar-refractivity contribution in [3.8, 4) is 11.1 Å². The molecule has 10 nitrogen and oxygen atoms in total. The number of hydrogen-bond donors (Lipinski definition) is 3. The second-order valence-electron chi connectivity index (χ2n) is 11.9. The van der Waals surface area contributed by atoms with E-state index in [1.165, 1.54) is 39.8 Å². The van der Waals surface area contributed by atoms with Crippen molar-refractivity contribution in [1.29, 1.82) is 0 Å². The van der Waals surface area contributed by atoms with Crippen LogP contribution in [0.5, 0.6) is 0 Å². The summed E-state index contributed by atoms with van der Waals surface area (Å²) in [4.78, 5) is 28.3. The van der Waals surface area contributed by atoms with Gasteiger partial charge >= 0.3 is 6.09 Å². The molecule has 0 aliphatic heterocycles. The highest BCUT2D eigenvalue weighted by atomic mass is 32.2. The number of nitrogens with zero attached hydrogens (tertiary/aromatic N) is 2. The molecule has 0 saturated heterocycles. The largest absolute Gasteiger partial charge is 0.453 e. The highest BCUT2D eigenvalue weighted by Gasteiger charge is 2.34. The van der Waals surface area contributed by atoms with Gasteiger partial charge < -0.3 is 20.7 Å². The van der Waals surface area contributed by atoms with Crippen LogP contribution < -0.4 is 5.73 Å². The molecule has 1 aromatic heterocycles. The molecule has 0 saturated carbocycles. The summed E-state index contributed by atoms with van der Waals surface area (Å²) >= 11 is 1.24. The Kier molecular flexibility index (Phi) is 12.9. The third-order valence-electron chi connectivity index (χ3n) is 8.10. The molecule has 1 unspecified atom stereocenters. The maximum Gasteiger partial charge on any atom is 0.410 e. The maximum atomic E-state index is 13.9. The Labute approximate surface area is 286 Å². The maximum absolute atomic E-state index is 13.9. The third kappa shape index (κ3) is 9.09. The lowest BCUT2D eigenvalue weighted by molar-refractivity contribution is -0.122. The topological polar surface area (TPSA) is 150 Å². The Balaban J connectivity index is 1.60. The van der Waals surface area contributed by atoms with Gasteiger partial charge in [0, 0.05) is 22.7 Å². The second-order valence-corrected chi connectivity index (χ2v) is 15.0. The molecule has 2 amide bonds. The predicted octanol–water partition coefficient (Wildman–Crippen LogP) is 5.34. The Hall–Kier alpha value is -4.07. The first-order valence-electron chi connectivity index (χ1n) is 15.7. The molecule has 3 aromatic carbocycles. The zero-order valence-electron chi connectivity index (χ0n) is 27.4. The van der Waals surface area contributed by atoms with E-state index in [1.807, 2.05) is 68.4 Å². The van der Waals surface area contributed by atoms with Crippen LogP contribution in [0.25, 0.3) is 11.1 Å². The molecule has 48 heavy (non-hydrogen) atoms. The molecule has 0 aliphatic carbocycles. The lowest BCUT2D eigenvalue weighted by Crippen LogP contribution is -2.48. The number of hydrogen-bond acceptors (Lipinski definition) is 8. The molecule has 4 rings (SSSR count). The van der Waals surface area contributed by atoms with Gasteiger partial charge in [0.25, 0.3) is 0 Å². The number of sulfonamides is 1. The van der Waals surface area contributed by atoms with Gasteiger partial charge in [0.15, 0.2) is 0 Å². The van der Waals surface area contributed by atoms with Crippen molar-refractivity contribution in [2.24, 2.45) is 11.7 Å². The van der Waals surface area contributed by atoms with Gasteiger partial charge in [0.1, 0.15) is 6.04 Å². The molecular formula is C36H43N3O7S2. The average Bonchev–Trinajstić information content (AvgIpc) is 3.56. The number of aliphatic hydroxyl groups excluding tert-OH is 2. The van der Waals surface area contributed by atoms with E-state index in [4.69, 9.17) is 10.5 Å². The third-order valence-corrected chi connectivity index (χ3v) is 11.2. The molecule has 0 spiro atoms. The fourth-order valence-electron chi connectivity index (χ4n) is 5.35. The zero-order valence-corrected chi connectivity index (χ0v) is 29.0. The van der Waals surface area contributed by atoms with E-state index in [0.29, 0.717) is 21.7 Å². The Morgan fingerprint density at radius 2 is 1.50 bits per heavy atom. The van der Waals surface area contributed by atoms with E-state index in [9.17, 15) is 28.2 Å². The average molecular weight is 694 g/mol. The van der Waals surface area contributed by atoms with Crippen LogP contribution in [0.4, 0.5) is 4.79 Å². The van der Waals surface area contributed by atoms with Gasteiger partial charge in [-0.05, 0) is 58.9 Å². The first-order valence-corrected chi connectivity index (χ1v) is 17.9. The molecular weight excluding hydrogens is 651 g/mol. The number of primary amides is 1. The van der Waals surface area contributed by atoms with Crippen LogP contribution >= 0.6 is 11.3 Å². The molecule has 0 fully saturated rings. The van der Waals surface area contributed by atoms with Crippen molar-refractivity contribution in [1.82, 2.24) is 9.21 Å². The second kappa shape index (κ2) is 16.8. The number of carbonyl (C=O) groups excluding carboxylic acids is 2. The normalized spacial score (nSPS) is 13.0. The van der Waals surface area contributed by atoms with Gasteiger partial charge in [-0.2, -0.15) is 4.31 Å². The van der Waals surface area contributed by atoms with Crippen LogP contribution in [-0.4, -0.2) is 66.1 Å². The number of methoxy groups -OCH3 is 1. The molecule has 256 valence electrons. The minimum Gasteiger partial charge on any atom is -0.453 e. The summed E-state index contributed by atoms with van der Waals surface area (Å²) in [5.74, 6) is -0.498. The van der Waals surface area contributed by atoms with Gasteiger partial charge in [-0.3, -0.25) is 9.69 Å². The summed E-state index contributed by atoms with van der Waals surface area (Å²) < 4.78 is 34.2.